The Labute approximate surface area is 507 Å². The number of allylic oxidation sites excluding steroid dienone is 3. The van der Waals surface area contributed by atoms with E-state index in [2.05, 4.69) is 31.3 Å². The summed E-state index contributed by atoms with van der Waals surface area (Å²) in [7, 11) is 0. The molecule has 0 saturated heterocycles. The Hall–Kier alpha value is -1.66. The van der Waals surface area contributed by atoms with Crippen LogP contribution in [0, 0.1) is 0 Å². The Bertz CT molecular complexity index is 1270. The number of aliphatic hydroxyl groups is 2. The van der Waals surface area contributed by atoms with Crippen LogP contribution in [0.2, 0.25) is 0 Å². The second-order valence-corrected chi connectivity index (χ2v) is 25.6. The SMILES string of the molecule is CCCCCCC/C=C\CCCCCCCC(=O)OCCCCCCCCCCCCCCCCCCCCCCCCCCCCCC(=O)NC(CO)C(O)/C=C/CCCCCCCCCCCCCCCCCCCCCCC. The van der Waals surface area contributed by atoms with Gasteiger partial charge >= 0.3 is 5.97 Å². The average Bonchev–Trinajstić information content (AvgIpc) is 3.47. The molecule has 0 aromatic rings. The van der Waals surface area contributed by atoms with Gasteiger partial charge in [0.1, 0.15) is 0 Å². The first kappa shape index (κ1) is 79.3. The van der Waals surface area contributed by atoms with E-state index in [0.717, 1.165) is 44.9 Å². The Kier molecular flexibility index (Phi) is 69.4. The highest BCUT2D eigenvalue weighted by Crippen LogP contribution is 2.19. The van der Waals surface area contributed by atoms with Gasteiger partial charge in [-0.05, 0) is 57.8 Å². The molecule has 0 radical (unpaired) electrons. The molecule has 6 heteroatoms. The molecular formula is C75H145NO5. The van der Waals surface area contributed by atoms with E-state index in [0.29, 0.717) is 19.4 Å². The van der Waals surface area contributed by atoms with Crippen LogP contribution in [-0.2, 0) is 14.3 Å². The summed E-state index contributed by atoms with van der Waals surface area (Å²) in [6.07, 6.45) is 89.9. The normalized spacial score (nSPS) is 12.6. The van der Waals surface area contributed by atoms with Gasteiger partial charge in [0.25, 0.3) is 0 Å². The quantitative estimate of drug-likeness (QED) is 0.0320. The summed E-state index contributed by atoms with van der Waals surface area (Å²) in [4.78, 5) is 24.6. The van der Waals surface area contributed by atoms with Gasteiger partial charge in [0.05, 0.1) is 25.4 Å². The number of hydrogen-bond acceptors (Lipinski definition) is 5. The number of aliphatic hydroxyl groups excluding tert-OH is 2. The lowest BCUT2D eigenvalue weighted by molar-refractivity contribution is -0.143. The van der Waals surface area contributed by atoms with Crippen molar-refractivity contribution < 1.29 is 24.5 Å². The third kappa shape index (κ3) is 67.3. The Morgan fingerprint density at radius 1 is 0.333 bits per heavy atom. The monoisotopic (exact) mass is 1140 g/mol. The van der Waals surface area contributed by atoms with Gasteiger partial charge in [-0.2, -0.15) is 0 Å². The summed E-state index contributed by atoms with van der Waals surface area (Å²) in [5.41, 5.74) is 0. The first-order chi connectivity index (χ1) is 40.0. The number of ether oxygens (including phenoxy) is 1. The summed E-state index contributed by atoms with van der Waals surface area (Å²) in [6.45, 7) is 4.94. The van der Waals surface area contributed by atoms with Crippen molar-refractivity contribution in [3.63, 3.8) is 0 Å². The van der Waals surface area contributed by atoms with Crippen molar-refractivity contribution in [2.75, 3.05) is 13.2 Å². The van der Waals surface area contributed by atoms with Crippen LogP contribution in [0.4, 0.5) is 0 Å². The number of nitrogens with one attached hydrogen (secondary N) is 1. The highest BCUT2D eigenvalue weighted by atomic mass is 16.5. The molecule has 0 rings (SSSR count). The third-order valence-corrected chi connectivity index (χ3v) is 17.5. The summed E-state index contributed by atoms with van der Waals surface area (Å²) < 4.78 is 5.49. The van der Waals surface area contributed by atoms with Gasteiger partial charge in [-0.25, -0.2) is 0 Å². The Morgan fingerprint density at radius 2 is 0.580 bits per heavy atom. The molecule has 3 N–H and O–H groups in total. The van der Waals surface area contributed by atoms with Gasteiger partial charge in [-0.3, -0.25) is 9.59 Å². The van der Waals surface area contributed by atoms with Crippen molar-refractivity contribution in [2.45, 2.75) is 431 Å². The van der Waals surface area contributed by atoms with E-state index in [1.54, 1.807) is 6.08 Å². The number of hydrogen-bond donors (Lipinski definition) is 3. The molecule has 0 bridgehead atoms. The molecule has 2 unspecified atom stereocenters. The van der Waals surface area contributed by atoms with Crippen molar-refractivity contribution in [3.8, 4) is 0 Å². The molecule has 0 fully saturated rings. The predicted molar refractivity (Wildman–Crippen MR) is 356 cm³/mol. The third-order valence-electron chi connectivity index (χ3n) is 17.5. The lowest BCUT2D eigenvalue weighted by Crippen LogP contribution is -2.45. The number of carbonyl (C=O) groups excluding carboxylic acids is 2. The smallest absolute Gasteiger partial charge is 0.305 e. The first-order valence-electron chi connectivity index (χ1n) is 37.1. The number of rotatable bonds is 70. The minimum Gasteiger partial charge on any atom is -0.466 e. The fraction of sp³-hybridized carbons (Fsp3) is 0.920. The standard InChI is InChI=1S/C75H145NO5/c1-3-5-7-9-11-13-15-17-19-20-21-22-28-31-34-37-40-43-47-51-55-59-63-67-73(78)72(71-77)76-74(79)68-64-60-56-52-48-44-41-38-35-32-29-26-24-23-25-27-30-33-36-39-42-46-50-54-58-62-66-70-81-75(80)69-65-61-57-53-49-45-18-16-14-12-10-8-6-4-2/h16,18,63,67,72-73,77-78H,3-15,17,19-62,64-66,68-71H2,1-2H3,(H,76,79)/b18-16-,67-63+. The van der Waals surface area contributed by atoms with E-state index in [-0.39, 0.29) is 18.5 Å². The molecule has 0 spiro atoms. The van der Waals surface area contributed by atoms with E-state index in [4.69, 9.17) is 4.74 Å². The zero-order valence-electron chi connectivity index (χ0n) is 55.0. The molecule has 0 aliphatic heterocycles. The fourth-order valence-corrected chi connectivity index (χ4v) is 11.8. The highest BCUT2D eigenvalue weighted by molar-refractivity contribution is 5.76. The average molecular weight is 1140 g/mol. The Balaban J connectivity index is 3.38. The zero-order valence-corrected chi connectivity index (χ0v) is 55.0. The van der Waals surface area contributed by atoms with E-state index >= 15 is 0 Å². The largest absolute Gasteiger partial charge is 0.466 e. The number of esters is 1. The molecule has 0 aromatic heterocycles. The topological polar surface area (TPSA) is 95.9 Å². The molecule has 6 nitrogen and oxygen atoms in total. The minimum absolute atomic E-state index is 0.00999. The zero-order chi connectivity index (χ0) is 58.5. The van der Waals surface area contributed by atoms with Crippen molar-refractivity contribution >= 4 is 11.9 Å². The minimum atomic E-state index is -0.844. The van der Waals surface area contributed by atoms with Gasteiger partial charge in [0.2, 0.25) is 5.91 Å². The van der Waals surface area contributed by atoms with Gasteiger partial charge in [-0.1, -0.05) is 372 Å². The molecule has 2 atom stereocenters. The second kappa shape index (κ2) is 70.8. The number of carbonyl (C=O) groups is 2. The maximum atomic E-state index is 12.5. The predicted octanol–water partition coefficient (Wildman–Crippen LogP) is 24.1. The van der Waals surface area contributed by atoms with Crippen LogP contribution >= 0.6 is 0 Å². The van der Waals surface area contributed by atoms with Crippen molar-refractivity contribution in [1.29, 1.82) is 0 Å². The van der Waals surface area contributed by atoms with Gasteiger partial charge in [0.15, 0.2) is 0 Å². The van der Waals surface area contributed by atoms with Crippen LogP contribution in [0.25, 0.3) is 0 Å². The van der Waals surface area contributed by atoms with Crippen LogP contribution in [0.3, 0.4) is 0 Å². The van der Waals surface area contributed by atoms with Crippen molar-refractivity contribution in [3.05, 3.63) is 24.3 Å². The first-order valence-corrected chi connectivity index (χ1v) is 37.1. The molecule has 480 valence electrons. The molecule has 0 aliphatic carbocycles. The lowest BCUT2D eigenvalue weighted by Gasteiger charge is -2.20. The van der Waals surface area contributed by atoms with Crippen LogP contribution in [0.15, 0.2) is 24.3 Å². The van der Waals surface area contributed by atoms with E-state index in [9.17, 15) is 19.8 Å². The Morgan fingerprint density at radius 3 is 0.877 bits per heavy atom. The molecule has 0 aliphatic rings. The van der Waals surface area contributed by atoms with E-state index in [1.165, 1.54) is 347 Å². The summed E-state index contributed by atoms with van der Waals surface area (Å²) in [6, 6.07) is -0.627. The maximum absolute atomic E-state index is 12.5. The summed E-state index contributed by atoms with van der Waals surface area (Å²) in [5, 5.41) is 23.3. The van der Waals surface area contributed by atoms with Crippen molar-refractivity contribution in [2.24, 2.45) is 0 Å². The fourth-order valence-electron chi connectivity index (χ4n) is 11.8. The molecular weight excluding hydrogens is 995 g/mol. The molecule has 1 amide bonds. The number of unbranched alkanes of at least 4 members (excludes halogenated alkanes) is 57. The second-order valence-electron chi connectivity index (χ2n) is 25.6. The van der Waals surface area contributed by atoms with Crippen LogP contribution in [-0.4, -0.2) is 47.4 Å². The maximum Gasteiger partial charge on any atom is 0.305 e. The van der Waals surface area contributed by atoms with Gasteiger partial charge < -0.3 is 20.3 Å². The van der Waals surface area contributed by atoms with Crippen LogP contribution < -0.4 is 5.32 Å². The summed E-state index contributed by atoms with van der Waals surface area (Å²) >= 11 is 0. The van der Waals surface area contributed by atoms with Crippen LogP contribution in [0.5, 0.6) is 0 Å². The van der Waals surface area contributed by atoms with E-state index in [1.807, 2.05) is 6.08 Å². The highest BCUT2D eigenvalue weighted by Gasteiger charge is 2.18. The molecule has 0 aromatic carbocycles. The lowest BCUT2D eigenvalue weighted by atomic mass is 10.0. The molecule has 0 heterocycles. The van der Waals surface area contributed by atoms with E-state index < -0.39 is 12.1 Å². The van der Waals surface area contributed by atoms with Gasteiger partial charge in [0, 0.05) is 12.8 Å². The van der Waals surface area contributed by atoms with Gasteiger partial charge in [-0.15, -0.1) is 0 Å². The van der Waals surface area contributed by atoms with Crippen molar-refractivity contribution in [1.82, 2.24) is 5.32 Å². The number of amides is 1. The molecule has 81 heavy (non-hydrogen) atoms. The summed E-state index contributed by atoms with van der Waals surface area (Å²) in [5.74, 6) is -0.0505. The molecule has 0 saturated carbocycles. The van der Waals surface area contributed by atoms with Crippen LogP contribution in [0.1, 0.15) is 418 Å².